The predicted molar refractivity (Wildman–Crippen MR) is 331 cm³/mol. The standard InChI is InChI=1S/C76H15NO4/c1-9-4-6-11-10(8-9)5-7-12-75-67-59-51-41-31-23-15-13-14-17-21-19(15)27-35-29(21)39-33-25(17)26-18(14)22-20-16(13)24(23)32-38-28(20)36-30(22)40-34(26)44-43(33)53-47(39)57-49(35)55(45(51)37(27)31)61(67)63(57)69-65(53)66-54(44)48(40)58-50(36)56-46(38)52(42(32)41)60(59)68(75)62(56)64(58)70(66)76(69,75)71(73(78)80-2)72(77(11)12)74(79)81-3/h4-8,12H,1-3H3. The number of carbonyl (C=O) groups is 2. The minimum atomic E-state index is -1.21. The Labute approximate surface area is 443 Å². The number of ether oxygens (including phenoxy) is 2. The Kier molecular flexibility index (Phi) is 2.98. The van der Waals surface area contributed by atoms with Gasteiger partial charge in [0.05, 0.1) is 36.7 Å². The van der Waals surface area contributed by atoms with Gasteiger partial charge in [0.15, 0.2) is 0 Å². The molecule has 29 aromatic rings. The molecule has 0 fully saturated rings. The lowest BCUT2D eigenvalue weighted by molar-refractivity contribution is -0.140. The highest BCUT2D eigenvalue weighted by atomic mass is 16.5. The smallest absolute Gasteiger partial charge is 0.355 e. The van der Waals surface area contributed by atoms with Gasteiger partial charge < -0.3 is 14.4 Å². The molecule has 29 aromatic carbocycles. The van der Waals surface area contributed by atoms with Crippen LogP contribution in [0.5, 0.6) is 0 Å². The monoisotopic (exact) mass is 1010 g/mol. The topological polar surface area (TPSA) is 55.8 Å². The number of hydrogen-bond donors (Lipinski definition) is 0. The van der Waals surface area contributed by atoms with Crippen molar-refractivity contribution in [2.75, 3.05) is 19.1 Å². The predicted octanol–water partition coefficient (Wildman–Crippen LogP) is 18.1. The minimum absolute atomic E-state index is 0.326. The molecule has 0 N–H and O–H groups in total. The van der Waals surface area contributed by atoms with Crippen molar-refractivity contribution in [1.82, 2.24) is 0 Å². The van der Waals surface area contributed by atoms with Gasteiger partial charge in [-0.3, -0.25) is 0 Å². The zero-order valence-corrected chi connectivity index (χ0v) is 42.0. The maximum Gasteiger partial charge on any atom is 0.355 e. The van der Waals surface area contributed by atoms with Crippen LogP contribution in [0.25, 0.3) is 297 Å². The van der Waals surface area contributed by atoms with Gasteiger partial charge in [-0.25, -0.2) is 9.59 Å². The highest BCUT2D eigenvalue weighted by molar-refractivity contribution is 6.82. The number of fused-ring (bicyclic) bond motifs is 3. The summed E-state index contributed by atoms with van der Waals surface area (Å²) in [6.45, 7) is 2.16. The molecule has 5 nitrogen and oxygen atoms in total. The molecule has 0 saturated heterocycles. The first-order chi connectivity index (χ1) is 40.1. The molecule has 2 heterocycles. The molecule has 1 unspecified atom stereocenters. The quantitative estimate of drug-likeness (QED) is 0.128. The van der Waals surface area contributed by atoms with Crippen LogP contribution in [0.2, 0.25) is 0 Å². The molecule has 35 rings (SSSR count). The molecule has 81 heavy (non-hydrogen) atoms. The molecule has 0 bridgehead atoms. The number of methoxy groups -OCH3 is 2. The van der Waals surface area contributed by atoms with Crippen molar-refractivity contribution >= 4 is 315 Å². The lowest BCUT2D eigenvalue weighted by Crippen LogP contribution is -2.69. The summed E-state index contributed by atoms with van der Waals surface area (Å²) >= 11 is 0. The Hall–Kier alpha value is -10.1. The highest BCUT2D eigenvalue weighted by Gasteiger charge is 2.77. The van der Waals surface area contributed by atoms with Crippen molar-refractivity contribution in [2.45, 2.75) is 23.8 Å². The fraction of sp³-hybridized carbons (Fsp3) is 0.0789. The first-order valence-electron chi connectivity index (χ1n) is 29.3. The number of rotatable bonds is 2. The molecule has 0 amide bonds. The van der Waals surface area contributed by atoms with Gasteiger partial charge in [-0.1, -0.05) is 23.8 Å². The normalized spacial score (nSPS) is 22.5. The SMILES string of the molecule is COC(=O)C1=C(C(=O)OC)C23c4c5c6c7c8c9c(c%10c%11c2c2c4c4c%12c5c5c6c6c8c8c%13c9c9c%10c%10c%11c%11c2c2c4c4c%12c%12c5c5c6c8c6c8c%13c9c9c%10c%10c%11c2c2c4c4c%12c5c6c5c8c9c%10c2c45)C73C2C=Cc3cc(C)ccc3N12. The summed E-state index contributed by atoms with van der Waals surface area (Å²) in [5, 5.41) is 80.6. The summed E-state index contributed by atoms with van der Waals surface area (Å²) in [6.07, 6.45) is 4.90. The summed E-state index contributed by atoms with van der Waals surface area (Å²) in [6, 6.07) is 6.23. The van der Waals surface area contributed by atoms with E-state index in [4.69, 9.17) is 9.47 Å². The first-order valence-corrected chi connectivity index (χ1v) is 29.3. The van der Waals surface area contributed by atoms with Crippen LogP contribution in [0.4, 0.5) is 5.69 Å². The number of anilines is 1. The maximum absolute atomic E-state index is 16.8. The van der Waals surface area contributed by atoms with E-state index in [1.165, 1.54) is 256 Å². The van der Waals surface area contributed by atoms with Gasteiger partial charge in [0.25, 0.3) is 0 Å². The zero-order chi connectivity index (χ0) is 49.6. The van der Waals surface area contributed by atoms with E-state index < -0.39 is 28.8 Å². The van der Waals surface area contributed by atoms with Crippen LogP contribution in [0.3, 0.4) is 0 Å². The van der Waals surface area contributed by atoms with Crippen LogP contribution in [-0.4, -0.2) is 32.2 Å². The van der Waals surface area contributed by atoms with Crippen LogP contribution in [-0.2, 0) is 29.9 Å². The molecular weight excluding hydrogens is 991 g/mol. The van der Waals surface area contributed by atoms with Crippen LogP contribution >= 0.6 is 0 Å². The molecule has 2 aliphatic heterocycles. The fourth-order valence-corrected chi connectivity index (χ4v) is 27.3. The van der Waals surface area contributed by atoms with Gasteiger partial charge in [0, 0.05) is 5.69 Å². The molecule has 5 heteroatoms. The highest BCUT2D eigenvalue weighted by Crippen LogP contribution is 2.87. The lowest BCUT2D eigenvalue weighted by Gasteiger charge is -2.63. The summed E-state index contributed by atoms with van der Waals surface area (Å²) < 4.78 is 12.7. The molecule has 0 saturated carbocycles. The Morgan fingerprint density at radius 2 is 0.617 bits per heavy atom. The number of aryl methyl sites for hydroxylation is 1. The second-order valence-electron chi connectivity index (χ2n) is 28.3. The van der Waals surface area contributed by atoms with E-state index in [1.54, 1.807) is 71.7 Å². The Morgan fingerprint density at radius 3 is 0.889 bits per heavy atom. The summed E-state index contributed by atoms with van der Waals surface area (Å²) in [4.78, 5) is 35.2. The van der Waals surface area contributed by atoms with Crippen molar-refractivity contribution in [3.8, 4) is 0 Å². The van der Waals surface area contributed by atoms with Gasteiger partial charge >= 0.3 is 11.9 Å². The van der Waals surface area contributed by atoms with Crippen molar-refractivity contribution in [2.24, 2.45) is 0 Å². The second-order valence-corrected chi connectivity index (χ2v) is 28.3. The van der Waals surface area contributed by atoms with E-state index in [9.17, 15) is 0 Å². The van der Waals surface area contributed by atoms with Gasteiger partial charge in [-0.15, -0.1) is 0 Å². The van der Waals surface area contributed by atoms with Gasteiger partial charge in [0.1, 0.15) is 5.70 Å². The zero-order valence-electron chi connectivity index (χ0n) is 42.0. The van der Waals surface area contributed by atoms with Crippen molar-refractivity contribution in [1.29, 1.82) is 0 Å². The Morgan fingerprint density at radius 1 is 0.358 bits per heavy atom. The summed E-state index contributed by atoms with van der Waals surface area (Å²) in [5.41, 5.74) is 7.15. The third-order valence-corrected chi connectivity index (χ3v) is 27.6. The number of hydrogen-bond acceptors (Lipinski definition) is 5. The van der Waals surface area contributed by atoms with E-state index in [1.807, 2.05) is 0 Å². The number of carbonyl (C=O) groups excluding carboxylic acids is 2. The molecule has 6 aliphatic rings. The van der Waals surface area contributed by atoms with Crippen LogP contribution in [0, 0.1) is 6.92 Å². The van der Waals surface area contributed by atoms with Gasteiger partial charge in [0.2, 0.25) is 0 Å². The molecule has 0 aromatic heterocycles. The van der Waals surface area contributed by atoms with E-state index >= 15 is 9.59 Å². The van der Waals surface area contributed by atoms with E-state index in [0.29, 0.717) is 11.3 Å². The average Bonchev–Trinajstić information content (AvgIpc) is 1.40. The van der Waals surface area contributed by atoms with E-state index in [-0.39, 0.29) is 0 Å². The molecule has 4 aliphatic carbocycles. The third-order valence-electron chi connectivity index (χ3n) is 27.6. The summed E-state index contributed by atoms with van der Waals surface area (Å²) in [5.74, 6) is -0.927. The van der Waals surface area contributed by atoms with Crippen molar-refractivity contribution in [3.63, 3.8) is 0 Å². The molecule has 1 atom stereocenters. The largest absolute Gasteiger partial charge is 0.466 e. The number of benzene rings is 19. The van der Waals surface area contributed by atoms with Crippen molar-refractivity contribution in [3.05, 3.63) is 68.9 Å². The van der Waals surface area contributed by atoms with Gasteiger partial charge in [-0.05, 0) is 338 Å². The second kappa shape index (κ2) is 7.53. The average molecular weight is 1010 g/mol. The number of nitrogens with zero attached hydrogens (tertiary/aromatic N) is 1. The Bertz CT molecular complexity index is 7910. The van der Waals surface area contributed by atoms with Crippen molar-refractivity contribution < 1.29 is 19.1 Å². The fourth-order valence-electron chi connectivity index (χ4n) is 27.3. The minimum Gasteiger partial charge on any atom is -0.466 e. The third kappa shape index (κ3) is 1.82. The molecule has 0 radical (unpaired) electrons. The Balaban J connectivity index is 1.09. The lowest BCUT2D eigenvalue weighted by atomic mass is 9.42. The molecule has 348 valence electrons. The van der Waals surface area contributed by atoms with E-state index in [0.717, 1.165) is 16.8 Å². The number of esters is 2. The van der Waals surface area contributed by atoms with Crippen LogP contribution in [0.1, 0.15) is 33.4 Å². The van der Waals surface area contributed by atoms with E-state index in [2.05, 4.69) is 42.2 Å². The molecule has 2 spiro atoms. The maximum atomic E-state index is 16.8. The van der Waals surface area contributed by atoms with Crippen LogP contribution < -0.4 is 4.90 Å². The first kappa shape index (κ1) is 32.1. The molecular formula is C76H15NO4. The summed E-state index contributed by atoms with van der Waals surface area (Å²) in [7, 11) is 3.09. The van der Waals surface area contributed by atoms with Crippen LogP contribution in [0.15, 0.2) is 35.5 Å². The van der Waals surface area contributed by atoms with Gasteiger partial charge in [-0.2, -0.15) is 0 Å².